The van der Waals surface area contributed by atoms with E-state index < -0.39 is 0 Å². The summed E-state index contributed by atoms with van der Waals surface area (Å²) >= 11 is 0. The number of aromatic nitrogens is 1. The van der Waals surface area contributed by atoms with Crippen LogP contribution in [0.4, 0.5) is 0 Å². The SMILES string of the molecule is CCCC(C)COC(=O)c1ccncc1. The summed E-state index contributed by atoms with van der Waals surface area (Å²) in [7, 11) is 0. The second-order valence-corrected chi connectivity index (χ2v) is 3.73. The molecule has 3 heteroatoms. The standard InChI is InChI=1S/C12H17NO2/c1-3-4-10(2)9-15-12(14)11-5-7-13-8-6-11/h5-8,10H,3-4,9H2,1-2H3. The predicted octanol–water partition coefficient (Wildman–Crippen LogP) is 2.67. The molecule has 1 aromatic rings. The minimum Gasteiger partial charge on any atom is -0.462 e. The van der Waals surface area contributed by atoms with Gasteiger partial charge < -0.3 is 4.74 Å². The van der Waals surface area contributed by atoms with Gasteiger partial charge in [0.15, 0.2) is 0 Å². The smallest absolute Gasteiger partial charge is 0.338 e. The van der Waals surface area contributed by atoms with Crippen molar-refractivity contribution >= 4 is 5.97 Å². The van der Waals surface area contributed by atoms with Crippen molar-refractivity contribution in [1.82, 2.24) is 4.98 Å². The van der Waals surface area contributed by atoms with E-state index in [-0.39, 0.29) is 5.97 Å². The van der Waals surface area contributed by atoms with Crippen molar-refractivity contribution in [3.8, 4) is 0 Å². The highest BCUT2D eigenvalue weighted by Crippen LogP contribution is 2.07. The van der Waals surface area contributed by atoms with Crippen LogP contribution >= 0.6 is 0 Å². The Morgan fingerprint density at radius 2 is 2.13 bits per heavy atom. The first kappa shape index (κ1) is 11.7. The average molecular weight is 207 g/mol. The quantitative estimate of drug-likeness (QED) is 0.697. The highest BCUT2D eigenvalue weighted by molar-refractivity contribution is 5.89. The minimum absolute atomic E-state index is 0.264. The summed E-state index contributed by atoms with van der Waals surface area (Å²) in [6.45, 7) is 4.71. The van der Waals surface area contributed by atoms with E-state index >= 15 is 0 Å². The van der Waals surface area contributed by atoms with Crippen LogP contribution < -0.4 is 0 Å². The van der Waals surface area contributed by atoms with E-state index in [1.165, 1.54) is 0 Å². The Kier molecular flexibility index (Phi) is 4.81. The Hall–Kier alpha value is -1.38. The zero-order valence-corrected chi connectivity index (χ0v) is 9.27. The molecule has 0 fully saturated rings. The van der Waals surface area contributed by atoms with E-state index in [1.54, 1.807) is 24.5 Å². The van der Waals surface area contributed by atoms with Gasteiger partial charge in [-0.1, -0.05) is 20.3 Å². The molecule has 1 rings (SSSR count). The Balaban J connectivity index is 2.37. The molecule has 1 heterocycles. The van der Waals surface area contributed by atoms with E-state index in [4.69, 9.17) is 4.74 Å². The van der Waals surface area contributed by atoms with Crippen LogP contribution in [0.5, 0.6) is 0 Å². The third kappa shape index (κ3) is 4.11. The molecule has 0 aliphatic carbocycles. The van der Waals surface area contributed by atoms with E-state index in [1.807, 2.05) is 0 Å². The number of rotatable bonds is 5. The molecule has 82 valence electrons. The molecular weight excluding hydrogens is 190 g/mol. The summed E-state index contributed by atoms with van der Waals surface area (Å²) < 4.78 is 5.18. The van der Waals surface area contributed by atoms with Gasteiger partial charge in [-0.25, -0.2) is 4.79 Å². The summed E-state index contributed by atoms with van der Waals surface area (Å²) in [5.74, 6) is 0.168. The van der Waals surface area contributed by atoms with E-state index in [0.717, 1.165) is 12.8 Å². The lowest BCUT2D eigenvalue weighted by Crippen LogP contribution is -2.12. The van der Waals surface area contributed by atoms with Crippen molar-refractivity contribution in [2.24, 2.45) is 5.92 Å². The zero-order chi connectivity index (χ0) is 11.1. The van der Waals surface area contributed by atoms with Crippen molar-refractivity contribution in [3.63, 3.8) is 0 Å². The number of ether oxygens (including phenoxy) is 1. The second kappa shape index (κ2) is 6.17. The summed E-state index contributed by atoms with van der Waals surface area (Å²) in [5.41, 5.74) is 0.564. The third-order valence-electron chi connectivity index (χ3n) is 2.20. The molecular formula is C12H17NO2. The molecule has 0 aromatic carbocycles. The van der Waals surface area contributed by atoms with Gasteiger partial charge in [-0.15, -0.1) is 0 Å². The molecule has 0 bridgehead atoms. The average Bonchev–Trinajstić information content (AvgIpc) is 2.27. The third-order valence-corrected chi connectivity index (χ3v) is 2.20. The molecule has 0 saturated carbocycles. The van der Waals surface area contributed by atoms with Crippen LogP contribution in [0.2, 0.25) is 0 Å². The van der Waals surface area contributed by atoms with Gasteiger partial charge in [0.25, 0.3) is 0 Å². The number of carbonyl (C=O) groups excluding carboxylic acids is 1. The first-order valence-electron chi connectivity index (χ1n) is 5.31. The molecule has 0 saturated heterocycles. The van der Waals surface area contributed by atoms with E-state index in [2.05, 4.69) is 18.8 Å². The van der Waals surface area contributed by atoms with Gasteiger partial charge in [-0.3, -0.25) is 4.98 Å². The number of pyridine rings is 1. The Morgan fingerprint density at radius 1 is 1.47 bits per heavy atom. The molecule has 0 aliphatic rings. The molecule has 0 spiro atoms. The van der Waals surface area contributed by atoms with Crippen molar-refractivity contribution in [2.75, 3.05) is 6.61 Å². The van der Waals surface area contributed by atoms with Crippen molar-refractivity contribution in [3.05, 3.63) is 30.1 Å². The molecule has 0 radical (unpaired) electrons. The van der Waals surface area contributed by atoms with Crippen LogP contribution in [-0.4, -0.2) is 17.6 Å². The fourth-order valence-corrected chi connectivity index (χ4v) is 1.37. The highest BCUT2D eigenvalue weighted by atomic mass is 16.5. The molecule has 0 amide bonds. The van der Waals surface area contributed by atoms with Crippen LogP contribution in [0.25, 0.3) is 0 Å². The van der Waals surface area contributed by atoms with Gasteiger partial charge in [0.1, 0.15) is 0 Å². The molecule has 0 N–H and O–H groups in total. The minimum atomic E-state index is -0.264. The predicted molar refractivity (Wildman–Crippen MR) is 58.6 cm³/mol. The maximum absolute atomic E-state index is 11.5. The normalized spacial score (nSPS) is 12.1. The maximum Gasteiger partial charge on any atom is 0.338 e. The van der Waals surface area contributed by atoms with Crippen molar-refractivity contribution in [2.45, 2.75) is 26.7 Å². The number of esters is 1. The fourth-order valence-electron chi connectivity index (χ4n) is 1.37. The zero-order valence-electron chi connectivity index (χ0n) is 9.27. The van der Waals surface area contributed by atoms with Gasteiger partial charge >= 0.3 is 5.97 Å². The largest absolute Gasteiger partial charge is 0.462 e. The summed E-state index contributed by atoms with van der Waals surface area (Å²) in [6.07, 6.45) is 5.38. The van der Waals surface area contributed by atoms with Crippen LogP contribution in [0.3, 0.4) is 0 Å². The monoisotopic (exact) mass is 207 g/mol. The Morgan fingerprint density at radius 3 is 2.73 bits per heavy atom. The first-order valence-corrected chi connectivity index (χ1v) is 5.31. The van der Waals surface area contributed by atoms with Crippen molar-refractivity contribution < 1.29 is 9.53 Å². The van der Waals surface area contributed by atoms with E-state index in [0.29, 0.717) is 18.1 Å². The molecule has 0 aliphatic heterocycles. The van der Waals surface area contributed by atoms with Gasteiger partial charge in [-0.05, 0) is 24.5 Å². The fraction of sp³-hybridized carbons (Fsp3) is 0.500. The summed E-state index contributed by atoms with van der Waals surface area (Å²) in [4.78, 5) is 15.3. The molecule has 3 nitrogen and oxygen atoms in total. The summed E-state index contributed by atoms with van der Waals surface area (Å²) in [5, 5.41) is 0. The molecule has 1 unspecified atom stereocenters. The number of carbonyl (C=O) groups is 1. The van der Waals surface area contributed by atoms with E-state index in [9.17, 15) is 4.79 Å². The van der Waals surface area contributed by atoms with Crippen molar-refractivity contribution in [1.29, 1.82) is 0 Å². The van der Waals surface area contributed by atoms with Crippen LogP contribution in [0.1, 0.15) is 37.0 Å². The number of hydrogen-bond acceptors (Lipinski definition) is 3. The number of nitrogens with zero attached hydrogens (tertiary/aromatic N) is 1. The van der Waals surface area contributed by atoms with Gasteiger partial charge in [0, 0.05) is 12.4 Å². The molecule has 15 heavy (non-hydrogen) atoms. The summed E-state index contributed by atoms with van der Waals surface area (Å²) in [6, 6.07) is 3.32. The van der Waals surface area contributed by atoms with Crippen LogP contribution in [0.15, 0.2) is 24.5 Å². The first-order chi connectivity index (χ1) is 7.24. The maximum atomic E-state index is 11.5. The van der Waals surface area contributed by atoms with Gasteiger partial charge in [0.05, 0.1) is 12.2 Å². The Bertz CT molecular complexity index is 298. The topological polar surface area (TPSA) is 39.2 Å². The Labute approximate surface area is 90.5 Å². The lowest BCUT2D eigenvalue weighted by atomic mass is 10.1. The number of hydrogen-bond donors (Lipinski definition) is 0. The van der Waals surface area contributed by atoms with Gasteiger partial charge in [0.2, 0.25) is 0 Å². The van der Waals surface area contributed by atoms with Crippen LogP contribution in [0, 0.1) is 5.92 Å². The lowest BCUT2D eigenvalue weighted by Gasteiger charge is -2.10. The second-order valence-electron chi connectivity index (χ2n) is 3.73. The molecule has 1 atom stereocenters. The van der Waals surface area contributed by atoms with Crippen LogP contribution in [-0.2, 0) is 4.74 Å². The molecule has 1 aromatic heterocycles. The van der Waals surface area contributed by atoms with Gasteiger partial charge in [-0.2, -0.15) is 0 Å². The lowest BCUT2D eigenvalue weighted by molar-refractivity contribution is 0.0443. The highest BCUT2D eigenvalue weighted by Gasteiger charge is 2.08.